The van der Waals surface area contributed by atoms with Crippen LogP contribution in [0, 0.1) is 11.8 Å². The molecule has 0 unspecified atom stereocenters. The van der Waals surface area contributed by atoms with Gasteiger partial charge < -0.3 is 20.5 Å². The molecule has 0 radical (unpaired) electrons. The van der Waals surface area contributed by atoms with Gasteiger partial charge in [0.1, 0.15) is 6.61 Å². The van der Waals surface area contributed by atoms with Crippen molar-refractivity contribution in [1.29, 1.82) is 0 Å². The van der Waals surface area contributed by atoms with E-state index in [0.717, 1.165) is 64.2 Å². The Morgan fingerprint density at radius 2 is 1.75 bits per heavy atom. The number of amides is 2. The van der Waals surface area contributed by atoms with Gasteiger partial charge in [-0.2, -0.15) is 0 Å². The van der Waals surface area contributed by atoms with E-state index >= 15 is 0 Å². The summed E-state index contributed by atoms with van der Waals surface area (Å²) in [7, 11) is 0. The van der Waals surface area contributed by atoms with Gasteiger partial charge in [-0.25, -0.2) is 0 Å². The number of carbonyl (C=O) groups excluding carboxylic acids is 3. The molecule has 0 aromatic carbocycles. The first-order chi connectivity index (χ1) is 17.4. The summed E-state index contributed by atoms with van der Waals surface area (Å²) in [4.78, 5) is 38.3. The van der Waals surface area contributed by atoms with E-state index in [4.69, 9.17) is 4.74 Å². The van der Waals surface area contributed by atoms with Crippen LogP contribution in [0.15, 0.2) is 25.3 Å². The van der Waals surface area contributed by atoms with E-state index in [-0.39, 0.29) is 43.5 Å². The fourth-order valence-electron chi connectivity index (χ4n) is 5.57. The van der Waals surface area contributed by atoms with Crippen LogP contribution in [-0.2, 0) is 19.1 Å². The van der Waals surface area contributed by atoms with Gasteiger partial charge in [-0.15, -0.1) is 13.2 Å². The van der Waals surface area contributed by atoms with Crippen molar-refractivity contribution in [2.75, 3.05) is 13.2 Å². The van der Waals surface area contributed by atoms with E-state index in [2.05, 4.69) is 23.8 Å². The second kappa shape index (κ2) is 16.6. The average Bonchev–Trinajstić information content (AvgIpc) is 3.34. The highest BCUT2D eigenvalue weighted by molar-refractivity contribution is 5.86. The van der Waals surface area contributed by atoms with Gasteiger partial charge >= 0.3 is 5.97 Å². The Hall–Kier alpha value is -2.15. The number of esters is 1. The zero-order valence-electron chi connectivity index (χ0n) is 22.1. The van der Waals surface area contributed by atoms with E-state index in [0.29, 0.717) is 18.8 Å². The molecule has 36 heavy (non-hydrogen) atoms. The minimum absolute atomic E-state index is 0.0405. The van der Waals surface area contributed by atoms with E-state index in [1.54, 1.807) is 6.08 Å². The Morgan fingerprint density at radius 3 is 2.39 bits per heavy atom. The molecule has 0 aliphatic heterocycles. The first-order valence-electron chi connectivity index (χ1n) is 14.0. The van der Waals surface area contributed by atoms with Gasteiger partial charge in [0, 0.05) is 12.8 Å². The Kier molecular flexibility index (Phi) is 13.8. The second-order valence-electron chi connectivity index (χ2n) is 10.8. The van der Waals surface area contributed by atoms with Crippen LogP contribution in [0.1, 0.15) is 103 Å². The Morgan fingerprint density at radius 1 is 1.03 bits per heavy atom. The van der Waals surface area contributed by atoms with Crippen LogP contribution in [0.25, 0.3) is 0 Å². The highest BCUT2D eigenvalue weighted by Gasteiger charge is 2.35. The highest BCUT2D eigenvalue weighted by atomic mass is 16.5. The molecule has 2 amide bonds. The lowest BCUT2D eigenvalue weighted by molar-refractivity contribution is -0.145. The van der Waals surface area contributed by atoms with E-state index in [1.165, 1.54) is 19.3 Å². The maximum absolute atomic E-state index is 13.3. The van der Waals surface area contributed by atoms with Crippen LogP contribution >= 0.6 is 0 Å². The SMILES string of the molecule is C=CCCCCC(=O)OC[C@H](CC1CCCCC1)NC(=O)[C@H](CC=C)CC(=O)NC1(CO)CCCC1. The lowest BCUT2D eigenvalue weighted by atomic mass is 9.84. The predicted molar refractivity (Wildman–Crippen MR) is 142 cm³/mol. The van der Waals surface area contributed by atoms with Crippen LogP contribution < -0.4 is 10.6 Å². The van der Waals surface area contributed by atoms with Gasteiger partial charge in [0.25, 0.3) is 0 Å². The molecule has 2 rings (SSSR count). The predicted octanol–water partition coefficient (Wildman–Crippen LogP) is 4.73. The topological polar surface area (TPSA) is 105 Å². The third kappa shape index (κ3) is 10.9. The molecule has 2 atom stereocenters. The van der Waals surface area contributed by atoms with Gasteiger partial charge in [0.15, 0.2) is 0 Å². The van der Waals surface area contributed by atoms with Crippen molar-refractivity contribution in [2.45, 2.75) is 114 Å². The summed E-state index contributed by atoms with van der Waals surface area (Å²) in [6, 6.07) is -0.272. The van der Waals surface area contributed by atoms with Crippen molar-refractivity contribution in [1.82, 2.24) is 10.6 Å². The van der Waals surface area contributed by atoms with Crippen LogP contribution in [-0.4, -0.2) is 47.7 Å². The molecular formula is C29H48N2O5. The monoisotopic (exact) mass is 504 g/mol. The van der Waals surface area contributed by atoms with Crippen molar-refractivity contribution >= 4 is 17.8 Å². The summed E-state index contributed by atoms with van der Waals surface area (Å²) in [6.45, 7) is 7.54. The number of hydrogen-bond donors (Lipinski definition) is 3. The fourth-order valence-corrected chi connectivity index (χ4v) is 5.57. The quantitative estimate of drug-likeness (QED) is 0.151. The van der Waals surface area contributed by atoms with Crippen LogP contribution in [0.5, 0.6) is 0 Å². The number of aliphatic hydroxyl groups is 1. The molecule has 2 aliphatic carbocycles. The van der Waals surface area contributed by atoms with Crippen molar-refractivity contribution in [2.24, 2.45) is 11.8 Å². The molecule has 0 heterocycles. The number of hydrogen-bond acceptors (Lipinski definition) is 5. The first kappa shape index (κ1) is 30.1. The summed E-state index contributed by atoms with van der Waals surface area (Å²) in [5, 5.41) is 15.9. The Balaban J connectivity index is 1.95. The second-order valence-corrected chi connectivity index (χ2v) is 10.8. The molecule has 2 fully saturated rings. The maximum atomic E-state index is 13.3. The fraction of sp³-hybridized carbons (Fsp3) is 0.759. The van der Waals surface area contributed by atoms with Crippen molar-refractivity contribution in [3.63, 3.8) is 0 Å². The first-order valence-corrected chi connectivity index (χ1v) is 14.0. The third-order valence-corrected chi connectivity index (χ3v) is 7.70. The molecule has 0 aromatic rings. The minimum atomic E-state index is -0.560. The molecule has 0 spiro atoms. The van der Waals surface area contributed by atoms with Crippen molar-refractivity contribution < 1.29 is 24.2 Å². The average molecular weight is 505 g/mol. The van der Waals surface area contributed by atoms with Gasteiger partial charge in [0.2, 0.25) is 11.8 Å². The van der Waals surface area contributed by atoms with Gasteiger partial charge in [0.05, 0.1) is 24.1 Å². The van der Waals surface area contributed by atoms with Gasteiger partial charge in [-0.05, 0) is 50.9 Å². The summed E-state index contributed by atoms with van der Waals surface area (Å²) >= 11 is 0. The minimum Gasteiger partial charge on any atom is -0.463 e. The zero-order valence-corrected chi connectivity index (χ0v) is 22.1. The largest absolute Gasteiger partial charge is 0.463 e. The normalized spacial score (nSPS) is 19.1. The molecular weight excluding hydrogens is 456 g/mol. The molecule has 2 saturated carbocycles. The summed E-state index contributed by atoms with van der Waals surface area (Å²) in [5.74, 6) is -0.721. The van der Waals surface area contributed by atoms with Crippen molar-refractivity contribution in [3.05, 3.63) is 25.3 Å². The number of carbonyl (C=O) groups is 3. The number of nitrogens with one attached hydrogen (secondary N) is 2. The standard InChI is InChI=1S/C29H48N2O5/c1-3-5-6-10-16-27(34)36-21-25(19-23-14-8-7-9-15-23)30-28(35)24(13-4-2)20-26(33)31-29(22-32)17-11-12-18-29/h3-4,23-25,32H,1-2,5-22H2,(H,30,35)(H,31,33)/t24-,25+/m1/s1. The Labute approximate surface area is 217 Å². The molecule has 204 valence electrons. The van der Waals surface area contributed by atoms with E-state index < -0.39 is 11.5 Å². The Bertz CT molecular complexity index is 710. The molecule has 0 aromatic heterocycles. The number of allylic oxidation sites excluding steroid dienone is 2. The molecule has 0 saturated heterocycles. The van der Waals surface area contributed by atoms with Gasteiger partial charge in [-0.1, -0.05) is 57.1 Å². The van der Waals surface area contributed by atoms with E-state index in [1.807, 2.05) is 6.08 Å². The van der Waals surface area contributed by atoms with Crippen molar-refractivity contribution in [3.8, 4) is 0 Å². The molecule has 2 aliphatic rings. The summed E-state index contributed by atoms with van der Waals surface area (Å²) < 4.78 is 5.56. The van der Waals surface area contributed by atoms with Gasteiger partial charge in [-0.3, -0.25) is 14.4 Å². The number of aliphatic hydroxyl groups excluding tert-OH is 1. The van der Waals surface area contributed by atoms with Crippen LogP contribution in [0.4, 0.5) is 0 Å². The summed E-state index contributed by atoms with van der Waals surface area (Å²) in [5.41, 5.74) is -0.560. The lowest BCUT2D eigenvalue weighted by Crippen LogP contribution is -2.50. The number of rotatable bonds is 17. The number of ether oxygens (including phenoxy) is 1. The van der Waals surface area contributed by atoms with Crippen LogP contribution in [0.2, 0.25) is 0 Å². The lowest BCUT2D eigenvalue weighted by Gasteiger charge is -2.30. The smallest absolute Gasteiger partial charge is 0.305 e. The summed E-state index contributed by atoms with van der Waals surface area (Å²) in [6.07, 6.45) is 17.0. The maximum Gasteiger partial charge on any atom is 0.305 e. The highest BCUT2D eigenvalue weighted by Crippen LogP contribution is 2.30. The zero-order chi connectivity index (χ0) is 26.2. The van der Waals surface area contributed by atoms with Crippen LogP contribution in [0.3, 0.4) is 0 Å². The molecule has 7 heteroatoms. The third-order valence-electron chi connectivity index (χ3n) is 7.70. The molecule has 0 bridgehead atoms. The molecule has 7 nitrogen and oxygen atoms in total. The van der Waals surface area contributed by atoms with E-state index in [9.17, 15) is 19.5 Å². The number of unbranched alkanes of at least 4 members (excludes halogenated alkanes) is 2. The molecule has 3 N–H and O–H groups in total.